The monoisotopic (exact) mass is 508 g/mol. The van der Waals surface area contributed by atoms with Crippen molar-refractivity contribution in [3.8, 4) is 11.5 Å². The maximum Gasteiger partial charge on any atom is 0.442 e. The summed E-state index contributed by atoms with van der Waals surface area (Å²) < 4.78 is 60.2. The number of nitrogens with one attached hydrogen (secondary N) is 1. The third-order valence-electron chi connectivity index (χ3n) is 4.02. The zero-order valence-corrected chi connectivity index (χ0v) is 18.8. The quantitative estimate of drug-likeness (QED) is 0.277. The Balaban J connectivity index is 2.18. The van der Waals surface area contributed by atoms with E-state index in [1.54, 1.807) is 24.3 Å². The highest BCUT2D eigenvalue weighted by Crippen LogP contribution is 2.37. The summed E-state index contributed by atoms with van der Waals surface area (Å²) in [5.74, 6) is -2.67. The summed E-state index contributed by atoms with van der Waals surface area (Å²) in [5, 5.41) is 6.12. The Morgan fingerprint density at radius 1 is 1.15 bits per heavy atom. The molecule has 0 aliphatic carbocycles. The first-order valence-corrected chi connectivity index (χ1v) is 9.93. The van der Waals surface area contributed by atoms with Crippen LogP contribution in [0.2, 0.25) is 10.0 Å². The smallest absolute Gasteiger partial charge is 0.442 e. The number of ether oxygens (including phenoxy) is 2. The Morgan fingerprint density at radius 2 is 1.79 bits per heavy atom. The average Bonchev–Trinajstić information content (AvgIpc) is 2.76. The fraction of sp³-hybridized carbons (Fsp3) is 0.238. The summed E-state index contributed by atoms with van der Waals surface area (Å²) in [6.45, 7) is -0.748. The maximum absolute atomic E-state index is 12.9. The van der Waals surface area contributed by atoms with Gasteiger partial charge in [0.2, 0.25) is 5.83 Å². The van der Waals surface area contributed by atoms with E-state index in [0.717, 1.165) is 0 Å². The second kappa shape index (κ2) is 11.8. The number of carbonyl (C=O) groups is 1. The predicted octanol–water partition coefficient (Wildman–Crippen LogP) is 5.46. The number of allylic oxidation sites excluding steroid dienone is 1. The Bertz CT molecular complexity index is 1040. The number of rotatable bonds is 9. The van der Waals surface area contributed by atoms with Gasteiger partial charge in [-0.25, -0.2) is 4.39 Å². The van der Waals surface area contributed by atoms with Gasteiger partial charge in [0.05, 0.1) is 10.0 Å². The van der Waals surface area contributed by atoms with Gasteiger partial charge < -0.3 is 19.6 Å². The number of halogens is 6. The summed E-state index contributed by atoms with van der Waals surface area (Å²) in [7, 11) is 2.76. The third kappa shape index (κ3) is 7.26. The van der Waals surface area contributed by atoms with Crippen LogP contribution in [0.3, 0.4) is 0 Å². The minimum atomic E-state index is -5.10. The van der Waals surface area contributed by atoms with Gasteiger partial charge in [-0.1, -0.05) is 52.6 Å². The van der Waals surface area contributed by atoms with Crippen molar-refractivity contribution in [2.45, 2.75) is 12.8 Å². The highest BCUT2D eigenvalue weighted by Gasteiger charge is 2.34. The molecule has 0 heterocycles. The molecule has 0 aliphatic rings. The number of benzene rings is 2. The Hall–Kier alpha value is -2.98. The van der Waals surface area contributed by atoms with Crippen molar-refractivity contribution >= 4 is 34.8 Å². The van der Waals surface area contributed by atoms with Crippen LogP contribution in [0.4, 0.5) is 17.6 Å². The molecule has 0 radical (unpaired) electrons. The SMILES string of the molecule is CNC(=O)/C(=N/OC)c1ccccc1COc1cc(Cl)c(OCC=C(F)C(F)(F)F)c(Cl)c1. The molecule has 1 N–H and O–H groups in total. The average molecular weight is 509 g/mol. The fourth-order valence-electron chi connectivity index (χ4n) is 2.53. The molecule has 178 valence electrons. The second-order valence-electron chi connectivity index (χ2n) is 6.22. The van der Waals surface area contributed by atoms with Gasteiger partial charge in [-0.05, 0) is 11.6 Å². The van der Waals surface area contributed by atoms with E-state index in [2.05, 4.69) is 10.5 Å². The van der Waals surface area contributed by atoms with Crippen molar-refractivity contribution in [2.24, 2.45) is 5.16 Å². The Kier molecular flexibility index (Phi) is 9.36. The molecule has 0 bridgehead atoms. The van der Waals surface area contributed by atoms with E-state index in [1.807, 2.05) is 0 Å². The molecule has 0 unspecified atom stereocenters. The minimum absolute atomic E-state index is 0.0116. The van der Waals surface area contributed by atoms with Gasteiger partial charge in [0.1, 0.15) is 26.1 Å². The molecule has 1 amide bonds. The standard InChI is InChI=1S/C21H18Cl2F4N2O4/c1-28-20(30)18(29-31-2)14-6-4-3-5-12(14)11-33-13-9-15(22)19(16(23)10-13)32-8-7-17(24)21(25,26)27/h3-7,9-10H,8,11H2,1-2H3,(H,28,30)/b17-7?,29-18+. The Labute approximate surface area is 196 Å². The highest BCUT2D eigenvalue weighted by atomic mass is 35.5. The van der Waals surface area contributed by atoms with Gasteiger partial charge in [-0.2, -0.15) is 13.2 Å². The van der Waals surface area contributed by atoms with E-state index in [4.69, 9.17) is 37.5 Å². The van der Waals surface area contributed by atoms with E-state index < -0.39 is 24.5 Å². The second-order valence-corrected chi connectivity index (χ2v) is 7.04. The molecule has 2 aromatic rings. The summed E-state index contributed by atoms with van der Waals surface area (Å²) in [6.07, 6.45) is -4.88. The van der Waals surface area contributed by atoms with E-state index in [9.17, 15) is 22.4 Å². The van der Waals surface area contributed by atoms with Crippen LogP contribution in [0.15, 0.2) is 53.5 Å². The summed E-state index contributed by atoms with van der Waals surface area (Å²) >= 11 is 12.2. The lowest BCUT2D eigenvalue weighted by atomic mass is 10.0. The number of carbonyl (C=O) groups excluding carboxylic acids is 1. The molecule has 0 saturated heterocycles. The molecule has 2 rings (SSSR count). The van der Waals surface area contributed by atoms with Crippen molar-refractivity contribution < 1.29 is 36.7 Å². The maximum atomic E-state index is 12.9. The molecule has 0 spiro atoms. The lowest BCUT2D eigenvalue weighted by molar-refractivity contribution is -0.114. The van der Waals surface area contributed by atoms with Crippen molar-refractivity contribution in [1.29, 1.82) is 0 Å². The highest BCUT2D eigenvalue weighted by molar-refractivity contribution is 6.45. The topological polar surface area (TPSA) is 69.2 Å². The van der Waals surface area contributed by atoms with Crippen LogP contribution in [0.5, 0.6) is 11.5 Å². The van der Waals surface area contributed by atoms with E-state index in [1.165, 1.54) is 26.3 Å². The molecule has 6 nitrogen and oxygen atoms in total. The molecule has 0 aliphatic heterocycles. The van der Waals surface area contributed by atoms with Crippen molar-refractivity contribution in [3.05, 3.63) is 69.5 Å². The van der Waals surface area contributed by atoms with Crippen LogP contribution in [-0.4, -0.2) is 38.6 Å². The summed E-state index contributed by atoms with van der Waals surface area (Å²) in [4.78, 5) is 16.9. The zero-order valence-electron chi connectivity index (χ0n) is 17.3. The van der Waals surface area contributed by atoms with Gasteiger partial charge in [0.15, 0.2) is 11.5 Å². The predicted molar refractivity (Wildman–Crippen MR) is 116 cm³/mol. The van der Waals surface area contributed by atoms with E-state index in [0.29, 0.717) is 11.1 Å². The third-order valence-corrected chi connectivity index (χ3v) is 4.59. The van der Waals surface area contributed by atoms with Gasteiger partial charge in [-0.15, -0.1) is 0 Å². The van der Waals surface area contributed by atoms with E-state index in [-0.39, 0.29) is 39.9 Å². The molecule has 0 saturated carbocycles. The molecular formula is C21H18Cl2F4N2O4. The van der Waals surface area contributed by atoms with Crippen LogP contribution in [-0.2, 0) is 16.2 Å². The summed E-state index contributed by atoms with van der Waals surface area (Å²) in [5.41, 5.74) is 1.10. The molecule has 0 atom stereocenters. The van der Waals surface area contributed by atoms with Crippen LogP contribution in [0.25, 0.3) is 0 Å². The van der Waals surface area contributed by atoms with Crippen LogP contribution < -0.4 is 14.8 Å². The van der Waals surface area contributed by atoms with Crippen molar-refractivity contribution in [1.82, 2.24) is 5.32 Å². The lowest BCUT2D eigenvalue weighted by Gasteiger charge is -2.14. The summed E-state index contributed by atoms with van der Waals surface area (Å²) in [6, 6.07) is 9.49. The van der Waals surface area contributed by atoms with Crippen molar-refractivity contribution in [2.75, 3.05) is 20.8 Å². The van der Waals surface area contributed by atoms with Crippen LogP contribution in [0.1, 0.15) is 11.1 Å². The van der Waals surface area contributed by atoms with E-state index >= 15 is 0 Å². The lowest BCUT2D eigenvalue weighted by Crippen LogP contribution is -2.29. The fourth-order valence-corrected chi connectivity index (χ4v) is 3.11. The molecule has 2 aromatic carbocycles. The number of likely N-dealkylation sites (N-methyl/N-ethyl adjacent to an activating group) is 1. The number of nitrogens with zero attached hydrogens (tertiary/aromatic N) is 1. The van der Waals surface area contributed by atoms with Crippen LogP contribution >= 0.6 is 23.2 Å². The number of amides is 1. The first-order chi connectivity index (χ1) is 15.6. The van der Waals surface area contributed by atoms with Gasteiger partial charge in [-0.3, -0.25) is 4.79 Å². The number of hydrogen-bond donors (Lipinski definition) is 1. The number of hydrogen-bond acceptors (Lipinski definition) is 5. The number of alkyl halides is 3. The molecule has 12 heteroatoms. The van der Waals surface area contributed by atoms with Gasteiger partial charge in [0.25, 0.3) is 5.91 Å². The molecular weight excluding hydrogens is 491 g/mol. The van der Waals surface area contributed by atoms with Crippen LogP contribution in [0, 0.1) is 0 Å². The molecule has 0 aromatic heterocycles. The zero-order chi connectivity index (χ0) is 24.6. The Morgan fingerprint density at radius 3 is 2.36 bits per heavy atom. The number of oxime groups is 1. The minimum Gasteiger partial charge on any atom is -0.489 e. The van der Waals surface area contributed by atoms with Gasteiger partial charge >= 0.3 is 6.18 Å². The normalized spacial score (nSPS) is 12.4. The molecule has 33 heavy (non-hydrogen) atoms. The first-order valence-electron chi connectivity index (χ1n) is 9.17. The van der Waals surface area contributed by atoms with Crippen molar-refractivity contribution in [3.63, 3.8) is 0 Å². The van der Waals surface area contributed by atoms with Gasteiger partial charge in [0, 0.05) is 24.7 Å². The largest absolute Gasteiger partial charge is 0.489 e. The molecule has 0 fully saturated rings. The first kappa shape index (κ1) is 26.3.